The molecule has 5 rings (SSSR count). The zero-order valence-corrected chi connectivity index (χ0v) is 18.2. The Hall–Kier alpha value is -3.80. The second-order valence-corrected chi connectivity index (χ2v) is 8.72. The van der Waals surface area contributed by atoms with Gasteiger partial charge in [0.1, 0.15) is 11.6 Å². The molecule has 0 spiro atoms. The summed E-state index contributed by atoms with van der Waals surface area (Å²) in [5.74, 6) is 1.11. The first kappa shape index (κ1) is 20.1. The molecule has 0 atom stereocenters. The molecular weight excluding hydrogens is 400 g/mol. The van der Waals surface area contributed by atoms with Crippen LogP contribution in [0.4, 0.5) is 11.5 Å². The number of nitrogens with two attached hydrogens (primary N) is 1. The Kier molecular flexibility index (Phi) is 4.85. The zero-order valence-electron chi connectivity index (χ0n) is 18.2. The number of ether oxygens (including phenoxy) is 1. The highest BCUT2D eigenvalue weighted by Gasteiger charge is 2.38. The number of hydrogen-bond donors (Lipinski definition) is 3. The number of nitrogen functional groups attached to an aromatic ring is 1. The molecule has 4 aromatic rings. The number of anilines is 2. The monoisotopic (exact) mass is 426 g/mol. The fraction of sp³-hybridized carbons (Fsp3) is 0.231. The summed E-state index contributed by atoms with van der Waals surface area (Å²) in [6.45, 7) is 4.41. The summed E-state index contributed by atoms with van der Waals surface area (Å²) < 4.78 is 6.16. The van der Waals surface area contributed by atoms with Gasteiger partial charge in [-0.15, -0.1) is 0 Å². The van der Waals surface area contributed by atoms with Crippen LogP contribution in [0.3, 0.4) is 0 Å². The number of hydrogen-bond acceptors (Lipinski definition) is 4. The highest BCUT2D eigenvalue weighted by atomic mass is 16.5. The van der Waals surface area contributed by atoms with Gasteiger partial charge >= 0.3 is 0 Å². The van der Waals surface area contributed by atoms with Crippen molar-refractivity contribution in [1.82, 2.24) is 9.97 Å². The number of aryl methyl sites for hydroxylation is 1. The summed E-state index contributed by atoms with van der Waals surface area (Å²) in [6, 6.07) is 16.0. The first-order valence-corrected chi connectivity index (χ1v) is 10.8. The van der Waals surface area contributed by atoms with Crippen LogP contribution in [0, 0.1) is 0 Å². The average molecular weight is 427 g/mol. The van der Waals surface area contributed by atoms with E-state index in [1.807, 2.05) is 44.2 Å². The molecule has 1 aliphatic rings. The molecule has 6 heteroatoms. The number of amides is 1. The van der Waals surface area contributed by atoms with Crippen molar-refractivity contribution in [2.24, 2.45) is 0 Å². The summed E-state index contributed by atoms with van der Waals surface area (Å²) in [5, 5.41) is 4.20. The van der Waals surface area contributed by atoms with E-state index in [0.29, 0.717) is 18.2 Å². The lowest BCUT2D eigenvalue weighted by Gasteiger charge is -2.17. The molecule has 1 amide bonds. The van der Waals surface area contributed by atoms with Crippen LogP contribution < -0.4 is 15.8 Å². The number of rotatable bonds is 6. The fourth-order valence-electron chi connectivity index (χ4n) is 4.38. The standard InChI is InChI=1S/C26H26N4O2/c1-26(2)19-14-16(9-10-21(19)30-25(26)31)23-22(11-12-28-24(23)27)32-13-5-6-17-15-29-20-8-4-3-7-18(17)20/h3-4,7-12,14-15,29H,5-6,13H2,1-2H3,(H2,27,28)(H,30,31). The maximum atomic E-state index is 12.3. The van der Waals surface area contributed by atoms with E-state index in [1.54, 1.807) is 6.20 Å². The van der Waals surface area contributed by atoms with Crippen molar-refractivity contribution in [3.8, 4) is 16.9 Å². The lowest BCUT2D eigenvalue weighted by Crippen LogP contribution is -2.26. The number of fused-ring (bicyclic) bond motifs is 2. The average Bonchev–Trinajstić information content (AvgIpc) is 3.29. The van der Waals surface area contributed by atoms with Crippen LogP contribution in [-0.2, 0) is 16.6 Å². The normalized spacial score (nSPS) is 14.4. The van der Waals surface area contributed by atoms with E-state index in [4.69, 9.17) is 10.5 Å². The molecular formula is C26H26N4O2. The van der Waals surface area contributed by atoms with Gasteiger partial charge in [0, 0.05) is 29.0 Å². The van der Waals surface area contributed by atoms with Gasteiger partial charge in [-0.1, -0.05) is 24.3 Å². The molecule has 4 N–H and O–H groups in total. The second kappa shape index (κ2) is 7.71. The molecule has 3 heterocycles. The summed E-state index contributed by atoms with van der Waals surface area (Å²) in [7, 11) is 0. The maximum Gasteiger partial charge on any atom is 0.234 e. The lowest BCUT2D eigenvalue weighted by molar-refractivity contribution is -0.119. The van der Waals surface area contributed by atoms with Crippen LogP contribution in [0.1, 0.15) is 31.4 Å². The Balaban J connectivity index is 1.35. The van der Waals surface area contributed by atoms with Crippen molar-refractivity contribution < 1.29 is 9.53 Å². The molecule has 0 saturated carbocycles. The first-order valence-electron chi connectivity index (χ1n) is 10.8. The smallest absolute Gasteiger partial charge is 0.234 e. The predicted octanol–water partition coefficient (Wildman–Crippen LogP) is 5.05. The van der Waals surface area contributed by atoms with Gasteiger partial charge in [-0.25, -0.2) is 4.98 Å². The van der Waals surface area contributed by atoms with Crippen molar-refractivity contribution in [2.45, 2.75) is 32.1 Å². The van der Waals surface area contributed by atoms with Crippen molar-refractivity contribution in [3.05, 3.63) is 72.1 Å². The molecule has 0 saturated heterocycles. The minimum Gasteiger partial charge on any atom is -0.493 e. The SMILES string of the molecule is CC1(C)C(=O)Nc2ccc(-c3c(OCCCc4c[nH]c5ccccc45)ccnc3N)cc21. The highest BCUT2D eigenvalue weighted by Crippen LogP contribution is 2.42. The van der Waals surface area contributed by atoms with Crippen LogP contribution in [-0.4, -0.2) is 22.5 Å². The second-order valence-electron chi connectivity index (χ2n) is 8.72. The van der Waals surface area contributed by atoms with Gasteiger partial charge in [-0.2, -0.15) is 0 Å². The third-order valence-electron chi connectivity index (χ3n) is 6.26. The van der Waals surface area contributed by atoms with Gasteiger partial charge in [0.2, 0.25) is 5.91 Å². The summed E-state index contributed by atoms with van der Waals surface area (Å²) in [4.78, 5) is 19.9. The highest BCUT2D eigenvalue weighted by molar-refractivity contribution is 6.06. The number of nitrogens with one attached hydrogen (secondary N) is 2. The Labute approximate surface area is 186 Å². The minimum atomic E-state index is -0.595. The van der Waals surface area contributed by atoms with Gasteiger partial charge in [0.05, 0.1) is 17.6 Å². The van der Waals surface area contributed by atoms with Crippen LogP contribution in [0.5, 0.6) is 5.75 Å². The zero-order chi connectivity index (χ0) is 22.3. The molecule has 0 aliphatic carbocycles. The molecule has 0 unspecified atom stereocenters. The number of carbonyl (C=O) groups excluding carboxylic acids is 1. The molecule has 1 aliphatic heterocycles. The van der Waals surface area contributed by atoms with Crippen molar-refractivity contribution >= 4 is 28.3 Å². The molecule has 6 nitrogen and oxygen atoms in total. The van der Waals surface area contributed by atoms with E-state index in [9.17, 15) is 4.79 Å². The minimum absolute atomic E-state index is 0.00226. The summed E-state index contributed by atoms with van der Waals surface area (Å²) in [5.41, 5.74) is 11.6. The van der Waals surface area contributed by atoms with Crippen molar-refractivity contribution in [2.75, 3.05) is 17.7 Å². The van der Waals surface area contributed by atoms with Crippen molar-refractivity contribution in [3.63, 3.8) is 0 Å². The van der Waals surface area contributed by atoms with E-state index in [2.05, 4.69) is 39.7 Å². The third kappa shape index (κ3) is 3.38. The Morgan fingerprint density at radius 2 is 1.97 bits per heavy atom. The van der Waals surface area contributed by atoms with E-state index in [-0.39, 0.29) is 5.91 Å². The van der Waals surface area contributed by atoms with Crippen LogP contribution >= 0.6 is 0 Å². The van der Waals surface area contributed by atoms with E-state index in [0.717, 1.165) is 40.7 Å². The third-order valence-corrected chi connectivity index (χ3v) is 6.26. The Bertz CT molecular complexity index is 1320. The Morgan fingerprint density at radius 1 is 1.12 bits per heavy atom. The quantitative estimate of drug-likeness (QED) is 0.376. The molecule has 2 aromatic heterocycles. The topological polar surface area (TPSA) is 93.0 Å². The lowest BCUT2D eigenvalue weighted by atomic mass is 9.84. The van der Waals surface area contributed by atoms with Crippen LogP contribution in [0.2, 0.25) is 0 Å². The number of para-hydroxylation sites is 1. The van der Waals surface area contributed by atoms with Crippen LogP contribution in [0.25, 0.3) is 22.0 Å². The molecule has 162 valence electrons. The van der Waals surface area contributed by atoms with Gasteiger partial charge in [-0.05, 0) is 67.6 Å². The molecule has 0 bridgehead atoms. The van der Waals surface area contributed by atoms with Gasteiger partial charge in [-0.3, -0.25) is 4.79 Å². The number of nitrogens with zero attached hydrogens (tertiary/aromatic N) is 1. The van der Waals surface area contributed by atoms with Gasteiger partial charge in [0.15, 0.2) is 0 Å². The van der Waals surface area contributed by atoms with E-state index in [1.165, 1.54) is 10.9 Å². The molecule has 2 aromatic carbocycles. The number of pyridine rings is 1. The largest absolute Gasteiger partial charge is 0.493 e. The molecule has 0 radical (unpaired) electrons. The summed E-state index contributed by atoms with van der Waals surface area (Å²) >= 11 is 0. The number of aromatic nitrogens is 2. The fourth-order valence-corrected chi connectivity index (χ4v) is 4.38. The molecule has 0 fully saturated rings. The van der Waals surface area contributed by atoms with Gasteiger partial charge in [0.25, 0.3) is 0 Å². The number of aromatic amines is 1. The number of H-pyrrole nitrogens is 1. The Morgan fingerprint density at radius 3 is 2.84 bits per heavy atom. The molecule has 32 heavy (non-hydrogen) atoms. The maximum absolute atomic E-state index is 12.3. The van der Waals surface area contributed by atoms with Gasteiger partial charge < -0.3 is 20.8 Å². The number of carbonyl (C=O) groups is 1. The summed E-state index contributed by atoms with van der Waals surface area (Å²) in [6.07, 6.45) is 5.53. The van der Waals surface area contributed by atoms with E-state index < -0.39 is 5.41 Å². The van der Waals surface area contributed by atoms with Crippen molar-refractivity contribution in [1.29, 1.82) is 0 Å². The van der Waals surface area contributed by atoms with Crippen LogP contribution in [0.15, 0.2) is 60.9 Å². The van der Waals surface area contributed by atoms with E-state index >= 15 is 0 Å². The predicted molar refractivity (Wildman–Crippen MR) is 128 cm³/mol. The number of benzene rings is 2. The first-order chi connectivity index (χ1) is 15.4.